The van der Waals surface area contributed by atoms with Crippen molar-refractivity contribution in [3.63, 3.8) is 0 Å². The van der Waals surface area contributed by atoms with Crippen LogP contribution in [0, 0.1) is 5.82 Å². The van der Waals surface area contributed by atoms with Gasteiger partial charge in [-0.2, -0.15) is 13.2 Å². The summed E-state index contributed by atoms with van der Waals surface area (Å²) in [5.74, 6) is -2.68. The normalized spacial score (nSPS) is 23.7. The van der Waals surface area contributed by atoms with Crippen LogP contribution in [0.3, 0.4) is 0 Å². The number of amidine groups is 1. The summed E-state index contributed by atoms with van der Waals surface area (Å²) in [5.41, 5.74) is -3.54. The van der Waals surface area contributed by atoms with Crippen LogP contribution in [0.25, 0.3) is 0 Å². The third-order valence-corrected chi connectivity index (χ3v) is 4.36. The van der Waals surface area contributed by atoms with Crippen LogP contribution in [0.5, 0.6) is 0 Å². The average Bonchev–Trinajstić information content (AvgIpc) is 3.02. The van der Waals surface area contributed by atoms with E-state index in [0.717, 1.165) is 40.9 Å². The predicted octanol–water partition coefficient (Wildman–Crippen LogP) is 1.76. The lowest BCUT2D eigenvalue weighted by molar-refractivity contribution is -0.196. The molecule has 10 heteroatoms. The highest BCUT2D eigenvalue weighted by molar-refractivity contribution is 8.14. The Kier molecular flexibility index (Phi) is 3.58. The van der Waals surface area contributed by atoms with Crippen molar-refractivity contribution in [1.29, 1.82) is 0 Å². The highest BCUT2D eigenvalue weighted by Crippen LogP contribution is 2.40. The summed E-state index contributed by atoms with van der Waals surface area (Å²) in [6.07, 6.45) is -5.10. The van der Waals surface area contributed by atoms with Crippen LogP contribution < -0.4 is 5.32 Å². The summed E-state index contributed by atoms with van der Waals surface area (Å²) in [4.78, 5) is 28.6. The number of hydrogen-bond acceptors (Lipinski definition) is 4. The van der Waals surface area contributed by atoms with Gasteiger partial charge >= 0.3 is 11.8 Å². The number of nitrogens with one attached hydrogen (secondary N) is 1. The predicted molar refractivity (Wildman–Crippen MR) is 74.3 cm³/mol. The quantitative estimate of drug-likeness (QED) is 0.830. The maximum Gasteiger partial charge on any atom is 0.442 e. The molecule has 2 amide bonds. The van der Waals surface area contributed by atoms with E-state index in [1.54, 1.807) is 5.32 Å². The largest absolute Gasteiger partial charge is 0.442 e. The number of benzene rings is 1. The molecule has 1 aromatic rings. The van der Waals surface area contributed by atoms with Gasteiger partial charge in [0.05, 0.1) is 0 Å². The number of rotatable bonds is 2. The van der Waals surface area contributed by atoms with Gasteiger partial charge in [-0.05, 0) is 24.3 Å². The van der Waals surface area contributed by atoms with Crippen LogP contribution in [0.15, 0.2) is 29.3 Å². The number of amides is 2. The first-order valence-corrected chi connectivity index (χ1v) is 7.42. The number of alkyl halides is 3. The van der Waals surface area contributed by atoms with E-state index < -0.39 is 29.5 Å². The number of hydrogen-bond donors (Lipinski definition) is 1. The van der Waals surface area contributed by atoms with Crippen molar-refractivity contribution in [2.45, 2.75) is 11.8 Å². The Hall–Kier alpha value is -2.10. The molecular weight excluding hydrogens is 338 g/mol. The molecule has 0 radical (unpaired) electrons. The number of nitrogens with zero attached hydrogens (tertiary/aromatic N) is 2. The number of carbonyl (C=O) groups is 2. The summed E-state index contributed by atoms with van der Waals surface area (Å²) >= 11 is 1.01. The van der Waals surface area contributed by atoms with Gasteiger partial charge in [0.25, 0.3) is 11.8 Å². The van der Waals surface area contributed by atoms with Crippen molar-refractivity contribution in [2.75, 3.05) is 12.3 Å². The molecule has 2 heterocycles. The molecule has 0 bridgehead atoms. The molecular formula is C13H9F4N3O2S. The molecule has 1 aromatic carbocycles. The number of halogens is 4. The zero-order valence-electron chi connectivity index (χ0n) is 11.4. The molecule has 2 aliphatic rings. The smallest absolute Gasteiger partial charge is 0.312 e. The van der Waals surface area contributed by atoms with E-state index >= 15 is 0 Å². The Morgan fingerprint density at radius 2 is 1.96 bits per heavy atom. The van der Waals surface area contributed by atoms with Gasteiger partial charge in [-0.25, -0.2) is 9.38 Å². The van der Waals surface area contributed by atoms with E-state index in [0.29, 0.717) is 5.75 Å². The minimum atomic E-state index is -5.10. The van der Waals surface area contributed by atoms with E-state index in [-0.39, 0.29) is 17.3 Å². The maximum atomic E-state index is 13.5. The fourth-order valence-electron chi connectivity index (χ4n) is 2.24. The van der Waals surface area contributed by atoms with Gasteiger partial charge in [0.2, 0.25) is 0 Å². The topological polar surface area (TPSA) is 61.8 Å². The summed E-state index contributed by atoms with van der Waals surface area (Å²) in [6.45, 7) is 0.104. The Labute approximate surface area is 131 Å². The number of fused-ring (bicyclic) bond motifs is 1. The average molecular weight is 347 g/mol. The monoisotopic (exact) mass is 347 g/mol. The first-order chi connectivity index (χ1) is 10.7. The molecule has 1 N–H and O–H groups in total. The molecule has 0 aliphatic carbocycles. The molecule has 1 fully saturated rings. The Morgan fingerprint density at radius 1 is 1.30 bits per heavy atom. The second-order valence-electron chi connectivity index (χ2n) is 4.87. The number of aliphatic imine (C=N–C) groups is 1. The zero-order chi connectivity index (χ0) is 16.8. The van der Waals surface area contributed by atoms with Crippen molar-refractivity contribution in [3.8, 4) is 0 Å². The van der Waals surface area contributed by atoms with Gasteiger partial charge < -0.3 is 5.32 Å². The maximum absolute atomic E-state index is 13.5. The molecule has 5 nitrogen and oxygen atoms in total. The van der Waals surface area contributed by atoms with Crippen LogP contribution in [-0.4, -0.2) is 46.0 Å². The lowest BCUT2D eigenvalue weighted by Gasteiger charge is -2.28. The minimum absolute atomic E-state index is 0.0632. The second kappa shape index (κ2) is 5.22. The number of carbonyl (C=O) groups excluding carboxylic acids is 2. The molecule has 0 spiro atoms. The van der Waals surface area contributed by atoms with Gasteiger partial charge in [-0.1, -0.05) is 11.8 Å². The standard InChI is InChI=1S/C13H9F4N3O2S/c14-8-3-1-7(2-4-8)9(21)18-12(13(15,16)17)10(22)20-5-6-23-11(20)19-12/h1-4H,5-6H2,(H,18,21). The van der Waals surface area contributed by atoms with E-state index in [4.69, 9.17) is 0 Å². The van der Waals surface area contributed by atoms with Crippen LogP contribution in [0.4, 0.5) is 17.6 Å². The number of thioether (sulfide) groups is 1. The van der Waals surface area contributed by atoms with Crippen molar-refractivity contribution < 1.29 is 27.2 Å². The van der Waals surface area contributed by atoms with Crippen molar-refractivity contribution in [1.82, 2.24) is 10.2 Å². The Bertz CT molecular complexity index is 704. The Balaban J connectivity index is 1.96. The van der Waals surface area contributed by atoms with Crippen LogP contribution >= 0.6 is 11.8 Å². The molecule has 0 saturated carbocycles. The first-order valence-electron chi connectivity index (χ1n) is 6.44. The van der Waals surface area contributed by atoms with E-state index in [9.17, 15) is 27.2 Å². The molecule has 2 aliphatic heterocycles. The van der Waals surface area contributed by atoms with Gasteiger partial charge in [-0.3, -0.25) is 14.5 Å². The highest BCUT2D eigenvalue weighted by atomic mass is 32.2. The van der Waals surface area contributed by atoms with Gasteiger partial charge in [0, 0.05) is 17.9 Å². The highest BCUT2D eigenvalue weighted by Gasteiger charge is 2.67. The minimum Gasteiger partial charge on any atom is -0.312 e. The van der Waals surface area contributed by atoms with Gasteiger partial charge in [-0.15, -0.1) is 0 Å². The van der Waals surface area contributed by atoms with E-state index in [2.05, 4.69) is 4.99 Å². The van der Waals surface area contributed by atoms with Crippen LogP contribution in [0.2, 0.25) is 0 Å². The third kappa shape index (κ3) is 2.46. The lowest BCUT2D eigenvalue weighted by atomic mass is 10.1. The molecule has 1 atom stereocenters. The Morgan fingerprint density at radius 3 is 2.52 bits per heavy atom. The summed E-state index contributed by atoms with van der Waals surface area (Å²) in [6, 6.07) is 3.92. The summed E-state index contributed by atoms with van der Waals surface area (Å²) < 4.78 is 53.3. The fourth-order valence-corrected chi connectivity index (χ4v) is 3.23. The van der Waals surface area contributed by atoms with Gasteiger partial charge in [0.1, 0.15) is 5.82 Å². The molecule has 122 valence electrons. The lowest BCUT2D eigenvalue weighted by Crippen LogP contribution is -2.63. The molecule has 1 saturated heterocycles. The SMILES string of the molecule is O=C(NC1(C(F)(F)F)N=C2SCCN2C1=O)c1ccc(F)cc1. The zero-order valence-corrected chi connectivity index (χ0v) is 12.2. The second-order valence-corrected chi connectivity index (χ2v) is 5.93. The summed E-state index contributed by atoms with van der Waals surface area (Å²) in [7, 11) is 0. The van der Waals surface area contributed by atoms with Crippen molar-refractivity contribution in [2.24, 2.45) is 4.99 Å². The van der Waals surface area contributed by atoms with Crippen LogP contribution in [-0.2, 0) is 4.79 Å². The van der Waals surface area contributed by atoms with E-state index in [1.807, 2.05) is 0 Å². The van der Waals surface area contributed by atoms with Crippen LogP contribution in [0.1, 0.15) is 10.4 Å². The van der Waals surface area contributed by atoms with Crippen molar-refractivity contribution >= 4 is 28.7 Å². The molecule has 1 unspecified atom stereocenters. The van der Waals surface area contributed by atoms with Gasteiger partial charge in [0.15, 0.2) is 5.17 Å². The van der Waals surface area contributed by atoms with Crippen molar-refractivity contribution in [3.05, 3.63) is 35.6 Å². The molecule has 3 rings (SSSR count). The van der Waals surface area contributed by atoms with E-state index in [1.165, 1.54) is 0 Å². The first kappa shape index (κ1) is 15.8. The molecule has 0 aromatic heterocycles. The molecule has 23 heavy (non-hydrogen) atoms. The summed E-state index contributed by atoms with van der Waals surface area (Å²) in [5, 5.41) is 1.60. The fraction of sp³-hybridized carbons (Fsp3) is 0.308. The third-order valence-electron chi connectivity index (χ3n) is 3.41.